The van der Waals surface area contributed by atoms with Gasteiger partial charge in [0.25, 0.3) is 5.91 Å². The normalized spacial score (nSPS) is 23.9. The molecule has 1 aromatic rings. The lowest BCUT2D eigenvalue weighted by Gasteiger charge is -2.28. The molecule has 0 radical (unpaired) electrons. The molecule has 2 unspecified atom stereocenters. The van der Waals surface area contributed by atoms with Crippen molar-refractivity contribution in [1.82, 2.24) is 15.1 Å². The molecule has 0 saturated heterocycles. The Morgan fingerprint density at radius 1 is 1.56 bits per heavy atom. The minimum Gasteiger partial charge on any atom is -0.347 e. The van der Waals surface area contributed by atoms with Crippen molar-refractivity contribution in [3.8, 4) is 0 Å². The van der Waals surface area contributed by atoms with E-state index < -0.39 is 0 Å². The Morgan fingerprint density at radius 3 is 2.94 bits per heavy atom. The van der Waals surface area contributed by atoms with Crippen LogP contribution in [0.25, 0.3) is 0 Å². The van der Waals surface area contributed by atoms with Gasteiger partial charge >= 0.3 is 0 Å². The van der Waals surface area contributed by atoms with Crippen LogP contribution in [-0.4, -0.2) is 26.6 Å². The molecule has 0 aliphatic heterocycles. The summed E-state index contributed by atoms with van der Waals surface area (Å²) in [6, 6.07) is 2.09. The van der Waals surface area contributed by atoms with Crippen molar-refractivity contribution in [2.24, 2.45) is 0 Å². The third-order valence-electron chi connectivity index (χ3n) is 3.43. The SMILES string of the molecule is CCn1nc(C)cc1C(=O)NC1CCCCC1Br. The quantitative estimate of drug-likeness (QED) is 0.872. The van der Waals surface area contributed by atoms with Gasteiger partial charge < -0.3 is 5.32 Å². The number of carbonyl (C=O) groups is 1. The van der Waals surface area contributed by atoms with Crippen LogP contribution in [-0.2, 0) is 6.54 Å². The van der Waals surface area contributed by atoms with E-state index in [1.165, 1.54) is 12.8 Å². The molecule has 2 atom stereocenters. The average Bonchev–Trinajstić information content (AvgIpc) is 2.73. The molecule has 100 valence electrons. The van der Waals surface area contributed by atoms with Crippen LogP contribution in [0.1, 0.15) is 48.8 Å². The molecule has 1 aliphatic carbocycles. The van der Waals surface area contributed by atoms with E-state index in [0.717, 1.165) is 25.1 Å². The van der Waals surface area contributed by atoms with E-state index in [1.807, 2.05) is 19.9 Å². The molecule has 1 heterocycles. The zero-order chi connectivity index (χ0) is 13.1. The van der Waals surface area contributed by atoms with Crippen LogP contribution in [0.5, 0.6) is 0 Å². The fourth-order valence-corrected chi connectivity index (χ4v) is 3.18. The molecular formula is C13H20BrN3O. The molecular weight excluding hydrogens is 294 g/mol. The number of halogens is 1. The zero-order valence-electron chi connectivity index (χ0n) is 10.9. The lowest BCUT2D eigenvalue weighted by atomic mass is 9.95. The number of nitrogens with zero attached hydrogens (tertiary/aromatic N) is 2. The molecule has 5 heteroatoms. The van der Waals surface area contributed by atoms with E-state index in [4.69, 9.17) is 0 Å². The summed E-state index contributed by atoms with van der Waals surface area (Å²) >= 11 is 3.66. The van der Waals surface area contributed by atoms with Gasteiger partial charge in [0.1, 0.15) is 5.69 Å². The molecule has 1 saturated carbocycles. The Balaban J connectivity index is 2.06. The van der Waals surface area contributed by atoms with E-state index in [9.17, 15) is 4.79 Å². The van der Waals surface area contributed by atoms with E-state index in [0.29, 0.717) is 10.5 Å². The van der Waals surface area contributed by atoms with Gasteiger partial charge in [0.15, 0.2) is 0 Å². The number of carbonyl (C=O) groups excluding carboxylic acids is 1. The van der Waals surface area contributed by atoms with E-state index in [2.05, 4.69) is 26.3 Å². The number of aryl methyl sites for hydroxylation is 2. The Hall–Kier alpha value is -0.840. The minimum absolute atomic E-state index is 0.00574. The van der Waals surface area contributed by atoms with Crippen LogP contribution in [0, 0.1) is 6.92 Å². The van der Waals surface area contributed by atoms with Crippen molar-refractivity contribution in [3.05, 3.63) is 17.5 Å². The topological polar surface area (TPSA) is 46.9 Å². The van der Waals surface area contributed by atoms with Crippen molar-refractivity contribution >= 4 is 21.8 Å². The average molecular weight is 314 g/mol. The third kappa shape index (κ3) is 2.94. The molecule has 1 fully saturated rings. The van der Waals surface area contributed by atoms with Crippen LogP contribution >= 0.6 is 15.9 Å². The monoisotopic (exact) mass is 313 g/mol. The molecule has 0 spiro atoms. The first kappa shape index (κ1) is 13.6. The first-order chi connectivity index (χ1) is 8.61. The number of hydrogen-bond donors (Lipinski definition) is 1. The number of amides is 1. The van der Waals surface area contributed by atoms with Gasteiger partial charge in [-0.1, -0.05) is 28.8 Å². The molecule has 1 amide bonds. The van der Waals surface area contributed by atoms with Gasteiger partial charge in [-0.3, -0.25) is 9.48 Å². The second-order valence-electron chi connectivity index (χ2n) is 4.87. The van der Waals surface area contributed by atoms with Crippen molar-refractivity contribution in [2.75, 3.05) is 0 Å². The summed E-state index contributed by atoms with van der Waals surface area (Å²) in [6.45, 7) is 4.63. The maximum absolute atomic E-state index is 12.3. The van der Waals surface area contributed by atoms with Gasteiger partial charge in [-0.15, -0.1) is 0 Å². The fraction of sp³-hybridized carbons (Fsp3) is 0.692. The van der Waals surface area contributed by atoms with Crippen molar-refractivity contribution in [2.45, 2.75) is 56.9 Å². The maximum atomic E-state index is 12.3. The number of hydrogen-bond acceptors (Lipinski definition) is 2. The van der Waals surface area contributed by atoms with Gasteiger partial charge in [-0.05, 0) is 32.8 Å². The van der Waals surface area contributed by atoms with E-state index in [1.54, 1.807) is 4.68 Å². The standard InChI is InChI=1S/C13H20BrN3O/c1-3-17-12(8-9(2)16-17)13(18)15-11-7-5-4-6-10(11)14/h8,10-11H,3-7H2,1-2H3,(H,15,18). The highest BCUT2D eigenvalue weighted by molar-refractivity contribution is 9.09. The predicted octanol–water partition coefficient (Wildman–Crippen LogP) is 2.65. The molecule has 4 nitrogen and oxygen atoms in total. The Labute approximate surface area is 116 Å². The van der Waals surface area contributed by atoms with Crippen molar-refractivity contribution in [1.29, 1.82) is 0 Å². The number of aromatic nitrogens is 2. The summed E-state index contributed by atoms with van der Waals surface area (Å²) in [5.74, 6) is -0.00574. The molecule has 2 rings (SSSR count). The first-order valence-electron chi connectivity index (χ1n) is 6.61. The van der Waals surface area contributed by atoms with Crippen LogP contribution in [0.2, 0.25) is 0 Å². The maximum Gasteiger partial charge on any atom is 0.269 e. The highest BCUT2D eigenvalue weighted by Crippen LogP contribution is 2.24. The van der Waals surface area contributed by atoms with Crippen molar-refractivity contribution < 1.29 is 4.79 Å². The fourth-order valence-electron chi connectivity index (χ4n) is 2.46. The minimum atomic E-state index is -0.00574. The Morgan fingerprint density at radius 2 is 2.28 bits per heavy atom. The van der Waals surface area contributed by atoms with Crippen LogP contribution in [0.15, 0.2) is 6.07 Å². The molecule has 1 N–H and O–H groups in total. The number of nitrogens with one attached hydrogen (secondary N) is 1. The molecule has 1 aliphatic rings. The summed E-state index contributed by atoms with van der Waals surface area (Å²) in [5.41, 5.74) is 1.56. The summed E-state index contributed by atoms with van der Waals surface area (Å²) in [4.78, 5) is 12.7. The van der Waals surface area contributed by atoms with Gasteiger partial charge in [-0.2, -0.15) is 5.10 Å². The highest BCUT2D eigenvalue weighted by atomic mass is 79.9. The van der Waals surface area contributed by atoms with Crippen molar-refractivity contribution in [3.63, 3.8) is 0 Å². The van der Waals surface area contributed by atoms with Gasteiger partial charge in [-0.25, -0.2) is 0 Å². The lowest BCUT2D eigenvalue weighted by molar-refractivity contribution is 0.0919. The first-order valence-corrected chi connectivity index (χ1v) is 7.52. The number of rotatable bonds is 3. The molecule has 0 bridgehead atoms. The summed E-state index contributed by atoms with van der Waals surface area (Å²) in [7, 11) is 0. The predicted molar refractivity (Wildman–Crippen MR) is 75.1 cm³/mol. The van der Waals surface area contributed by atoms with E-state index in [-0.39, 0.29) is 11.9 Å². The summed E-state index contributed by atoms with van der Waals surface area (Å²) < 4.78 is 1.76. The van der Waals surface area contributed by atoms with Crippen LogP contribution in [0.3, 0.4) is 0 Å². The van der Waals surface area contributed by atoms with Gasteiger partial charge in [0, 0.05) is 17.4 Å². The van der Waals surface area contributed by atoms with Crippen LogP contribution in [0.4, 0.5) is 0 Å². The Kier molecular flexibility index (Phi) is 4.43. The zero-order valence-corrected chi connectivity index (χ0v) is 12.5. The Bertz CT molecular complexity index is 430. The van der Waals surface area contributed by atoms with E-state index >= 15 is 0 Å². The van der Waals surface area contributed by atoms with Crippen LogP contribution < -0.4 is 5.32 Å². The summed E-state index contributed by atoms with van der Waals surface area (Å²) in [6.07, 6.45) is 4.63. The smallest absolute Gasteiger partial charge is 0.269 e. The highest BCUT2D eigenvalue weighted by Gasteiger charge is 2.25. The second kappa shape index (κ2) is 5.87. The van der Waals surface area contributed by atoms with Gasteiger partial charge in [0.2, 0.25) is 0 Å². The number of alkyl halides is 1. The lowest BCUT2D eigenvalue weighted by Crippen LogP contribution is -2.43. The molecule has 1 aromatic heterocycles. The summed E-state index contributed by atoms with van der Waals surface area (Å²) in [5, 5.41) is 7.43. The van der Waals surface area contributed by atoms with Gasteiger partial charge in [0.05, 0.1) is 5.69 Å². The molecule has 18 heavy (non-hydrogen) atoms. The molecule has 0 aromatic carbocycles. The third-order valence-corrected chi connectivity index (χ3v) is 4.53. The second-order valence-corrected chi connectivity index (χ2v) is 6.04. The largest absolute Gasteiger partial charge is 0.347 e.